The Labute approximate surface area is 140 Å². The molecule has 1 aliphatic heterocycles. The van der Waals surface area contributed by atoms with E-state index >= 15 is 0 Å². The second-order valence-electron chi connectivity index (χ2n) is 6.22. The molecule has 3 rings (SSSR count). The number of likely N-dealkylation sites (tertiary alicyclic amines) is 1. The van der Waals surface area contributed by atoms with Crippen LogP contribution in [-0.4, -0.2) is 44.5 Å². The van der Waals surface area contributed by atoms with Gasteiger partial charge >= 0.3 is 5.97 Å². The zero-order chi connectivity index (χ0) is 17.1. The summed E-state index contributed by atoms with van der Waals surface area (Å²) in [7, 11) is 0. The van der Waals surface area contributed by atoms with Crippen LogP contribution in [0.4, 0.5) is 0 Å². The number of carbonyl (C=O) groups is 2. The number of nitrogens with zero attached hydrogens (tertiary/aromatic N) is 3. The number of aromatic nitrogens is 2. The Morgan fingerprint density at radius 2 is 2.00 bits per heavy atom. The number of rotatable bonds is 5. The molecule has 1 aromatic carbocycles. The molecule has 1 amide bonds. The molecule has 2 heterocycles. The standard InChI is InChI=1S/C18H21N3O3/c1-2-3-14-10-21(11-16(14)18(23)24)17(22)13-4-6-15(7-5-13)20-9-8-19-12-20/h4-9,12,14,16H,2-3,10-11H2,1H3,(H,23,24)/t14-,16-/m1/s1. The third-order valence-electron chi connectivity index (χ3n) is 4.62. The fourth-order valence-corrected chi connectivity index (χ4v) is 3.35. The van der Waals surface area contributed by atoms with Crippen LogP contribution >= 0.6 is 0 Å². The lowest BCUT2D eigenvalue weighted by atomic mass is 9.92. The first kappa shape index (κ1) is 16.2. The molecule has 0 spiro atoms. The molecule has 6 heteroatoms. The molecule has 126 valence electrons. The zero-order valence-electron chi connectivity index (χ0n) is 13.6. The minimum atomic E-state index is -0.806. The van der Waals surface area contributed by atoms with E-state index in [1.54, 1.807) is 29.6 Å². The maximum absolute atomic E-state index is 12.7. The van der Waals surface area contributed by atoms with Crippen molar-refractivity contribution in [1.29, 1.82) is 0 Å². The van der Waals surface area contributed by atoms with Crippen LogP contribution in [0.25, 0.3) is 5.69 Å². The highest BCUT2D eigenvalue weighted by atomic mass is 16.4. The number of carbonyl (C=O) groups excluding carboxylic acids is 1. The molecule has 1 saturated heterocycles. The van der Waals surface area contributed by atoms with Crippen LogP contribution in [0.15, 0.2) is 43.0 Å². The van der Waals surface area contributed by atoms with Gasteiger partial charge in [-0.15, -0.1) is 0 Å². The Kier molecular flexibility index (Phi) is 4.64. The summed E-state index contributed by atoms with van der Waals surface area (Å²) in [6.07, 6.45) is 6.99. The van der Waals surface area contributed by atoms with Gasteiger partial charge in [-0.3, -0.25) is 9.59 Å². The first-order valence-electron chi connectivity index (χ1n) is 8.20. The Balaban J connectivity index is 1.73. The molecule has 1 aliphatic rings. The lowest BCUT2D eigenvalue weighted by Gasteiger charge is -2.16. The van der Waals surface area contributed by atoms with Gasteiger partial charge in [0.2, 0.25) is 0 Å². The van der Waals surface area contributed by atoms with Gasteiger partial charge in [0, 0.05) is 36.7 Å². The summed E-state index contributed by atoms with van der Waals surface area (Å²) >= 11 is 0. The summed E-state index contributed by atoms with van der Waals surface area (Å²) in [6.45, 7) is 2.85. The van der Waals surface area contributed by atoms with Crippen LogP contribution in [0.1, 0.15) is 30.1 Å². The highest BCUT2D eigenvalue weighted by Gasteiger charge is 2.39. The Bertz CT molecular complexity index is 710. The highest BCUT2D eigenvalue weighted by molar-refractivity contribution is 5.95. The summed E-state index contributed by atoms with van der Waals surface area (Å²) in [5, 5.41) is 9.38. The predicted octanol–water partition coefficient (Wildman–Crippen LogP) is 2.45. The van der Waals surface area contributed by atoms with E-state index in [1.807, 2.05) is 29.8 Å². The van der Waals surface area contributed by atoms with Gasteiger partial charge < -0.3 is 14.6 Å². The van der Waals surface area contributed by atoms with Crippen molar-refractivity contribution in [2.45, 2.75) is 19.8 Å². The van der Waals surface area contributed by atoms with Crippen LogP contribution in [0.5, 0.6) is 0 Å². The van der Waals surface area contributed by atoms with Gasteiger partial charge in [-0.25, -0.2) is 4.98 Å². The van der Waals surface area contributed by atoms with Crippen LogP contribution in [-0.2, 0) is 4.79 Å². The van der Waals surface area contributed by atoms with Crippen LogP contribution < -0.4 is 0 Å². The van der Waals surface area contributed by atoms with E-state index in [4.69, 9.17) is 0 Å². The van der Waals surface area contributed by atoms with Crippen molar-refractivity contribution in [2.24, 2.45) is 11.8 Å². The van der Waals surface area contributed by atoms with Crippen molar-refractivity contribution < 1.29 is 14.7 Å². The molecule has 6 nitrogen and oxygen atoms in total. The topological polar surface area (TPSA) is 75.4 Å². The van der Waals surface area contributed by atoms with E-state index < -0.39 is 11.9 Å². The number of hydrogen-bond donors (Lipinski definition) is 1. The highest BCUT2D eigenvalue weighted by Crippen LogP contribution is 2.29. The van der Waals surface area contributed by atoms with Gasteiger partial charge in [-0.1, -0.05) is 13.3 Å². The lowest BCUT2D eigenvalue weighted by molar-refractivity contribution is -0.142. The van der Waals surface area contributed by atoms with E-state index in [2.05, 4.69) is 4.98 Å². The largest absolute Gasteiger partial charge is 0.481 e. The number of carboxylic acid groups (broad SMARTS) is 1. The number of aliphatic carboxylic acids is 1. The molecule has 2 atom stereocenters. The molecule has 0 aliphatic carbocycles. The summed E-state index contributed by atoms with van der Waals surface area (Å²) in [4.78, 5) is 29.8. The zero-order valence-corrected chi connectivity index (χ0v) is 13.6. The van der Waals surface area contributed by atoms with E-state index in [9.17, 15) is 14.7 Å². The number of hydrogen-bond acceptors (Lipinski definition) is 3. The number of amides is 1. The summed E-state index contributed by atoms with van der Waals surface area (Å²) in [6, 6.07) is 7.29. The second kappa shape index (κ2) is 6.86. The van der Waals surface area contributed by atoms with Crippen molar-refractivity contribution in [3.63, 3.8) is 0 Å². The first-order chi connectivity index (χ1) is 11.6. The predicted molar refractivity (Wildman–Crippen MR) is 89.0 cm³/mol. The monoisotopic (exact) mass is 327 g/mol. The van der Waals surface area contributed by atoms with Gasteiger partial charge in [0.15, 0.2) is 0 Å². The summed E-state index contributed by atoms with van der Waals surface area (Å²) in [5.74, 6) is -1.32. The number of imidazole rings is 1. The molecular formula is C18H21N3O3. The first-order valence-corrected chi connectivity index (χ1v) is 8.20. The van der Waals surface area contributed by atoms with E-state index in [1.165, 1.54) is 0 Å². The Hall–Kier alpha value is -2.63. The average molecular weight is 327 g/mol. The van der Waals surface area contributed by atoms with Gasteiger partial charge in [-0.05, 0) is 36.6 Å². The number of carboxylic acids is 1. The third kappa shape index (κ3) is 3.18. The second-order valence-corrected chi connectivity index (χ2v) is 6.22. The normalized spacial score (nSPS) is 20.3. The molecule has 0 saturated carbocycles. The third-order valence-corrected chi connectivity index (χ3v) is 4.62. The van der Waals surface area contributed by atoms with Crippen LogP contribution in [0.2, 0.25) is 0 Å². The van der Waals surface area contributed by atoms with Crippen molar-refractivity contribution in [3.8, 4) is 5.69 Å². The molecule has 1 fully saturated rings. The Morgan fingerprint density at radius 3 is 2.58 bits per heavy atom. The average Bonchev–Trinajstić information content (AvgIpc) is 3.24. The number of benzene rings is 1. The van der Waals surface area contributed by atoms with Crippen LogP contribution in [0, 0.1) is 11.8 Å². The van der Waals surface area contributed by atoms with Gasteiger partial charge in [0.25, 0.3) is 5.91 Å². The minimum Gasteiger partial charge on any atom is -0.481 e. The van der Waals surface area contributed by atoms with E-state index in [-0.39, 0.29) is 11.8 Å². The lowest BCUT2D eigenvalue weighted by Crippen LogP contribution is -2.29. The van der Waals surface area contributed by atoms with Gasteiger partial charge in [0.1, 0.15) is 0 Å². The quantitative estimate of drug-likeness (QED) is 0.915. The Morgan fingerprint density at radius 1 is 1.25 bits per heavy atom. The summed E-state index contributed by atoms with van der Waals surface area (Å²) in [5.41, 5.74) is 1.51. The molecule has 0 radical (unpaired) electrons. The molecule has 1 N–H and O–H groups in total. The van der Waals surface area contributed by atoms with Crippen molar-refractivity contribution in [2.75, 3.05) is 13.1 Å². The molecule has 0 unspecified atom stereocenters. The fraction of sp³-hybridized carbons (Fsp3) is 0.389. The maximum Gasteiger partial charge on any atom is 0.308 e. The fourth-order valence-electron chi connectivity index (χ4n) is 3.35. The molecule has 1 aromatic heterocycles. The molecular weight excluding hydrogens is 306 g/mol. The molecule has 0 bridgehead atoms. The van der Waals surface area contributed by atoms with E-state index in [0.717, 1.165) is 18.5 Å². The van der Waals surface area contributed by atoms with Crippen LogP contribution in [0.3, 0.4) is 0 Å². The summed E-state index contributed by atoms with van der Waals surface area (Å²) < 4.78 is 1.86. The SMILES string of the molecule is CCC[C@@H]1CN(C(=O)c2ccc(-n3ccnc3)cc2)C[C@H]1C(=O)O. The van der Waals surface area contributed by atoms with Crippen molar-refractivity contribution in [1.82, 2.24) is 14.5 Å². The molecule has 2 aromatic rings. The van der Waals surface area contributed by atoms with Crippen molar-refractivity contribution >= 4 is 11.9 Å². The smallest absolute Gasteiger partial charge is 0.308 e. The van der Waals surface area contributed by atoms with E-state index in [0.29, 0.717) is 18.7 Å². The molecule has 24 heavy (non-hydrogen) atoms. The van der Waals surface area contributed by atoms with Crippen molar-refractivity contribution in [3.05, 3.63) is 48.5 Å². The van der Waals surface area contributed by atoms with Gasteiger partial charge in [0.05, 0.1) is 12.2 Å². The minimum absolute atomic E-state index is 0.0432. The maximum atomic E-state index is 12.7. The van der Waals surface area contributed by atoms with Gasteiger partial charge in [-0.2, -0.15) is 0 Å².